The van der Waals surface area contributed by atoms with Gasteiger partial charge in [0.15, 0.2) is 0 Å². The molecule has 0 fully saturated rings. The molecule has 1 aromatic carbocycles. The summed E-state index contributed by atoms with van der Waals surface area (Å²) in [4.78, 5) is 0.166. The van der Waals surface area contributed by atoms with Gasteiger partial charge in [0.25, 0.3) is 0 Å². The third kappa shape index (κ3) is 5.86. The van der Waals surface area contributed by atoms with Crippen molar-refractivity contribution < 1.29 is 8.42 Å². The first-order valence-corrected chi connectivity index (χ1v) is 8.79. The molecule has 0 amide bonds. The molecule has 0 saturated heterocycles. The molecule has 0 aliphatic carbocycles. The fraction of sp³-hybridized carbons (Fsp3) is 0.500. The SMILES string of the molecule is CSCCCNCCc1ccc(S(N)(=O)=O)cc1. The predicted octanol–water partition coefficient (Wildman–Crippen LogP) is 1.22. The predicted molar refractivity (Wildman–Crippen MR) is 77.4 cm³/mol. The number of hydrogen-bond acceptors (Lipinski definition) is 4. The number of primary sulfonamides is 1. The molecule has 0 aromatic heterocycles. The van der Waals surface area contributed by atoms with Crippen LogP contribution in [0.15, 0.2) is 29.2 Å². The van der Waals surface area contributed by atoms with E-state index < -0.39 is 10.0 Å². The highest BCUT2D eigenvalue weighted by Crippen LogP contribution is 2.08. The second-order valence-corrected chi connectivity index (χ2v) is 6.58. The number of rotatable bonds is 8. The van der Waals surface area contributed by atoms with Gasteiger partial charge in [0.1, 0.15) is 0 Å². The molecule has 0 aliphatic rings. The van der Waals surface area contributed by atoms with Crippen molar-refractivity contribution >= 4 is 21.8 Å². The van der Waals surface area contributed by atoms with Crippen LogP contribution in [-0.4, -0.2) is 33.5 Å². The van der Waals surface area contributed by atoms with E-state index in [1.165, 1.54) is 12.2 Å². The summed E-state index contributed by atoms with van der Waals surface area (Å²) in [5, 5.41) is 8.39. The van der Waals surface area contributed by atoms with Crippen molar-refractivity contribution in [2.75, 3.05) is 25.1 Å². The monoisotopic (exact) mass is 288 g/mol. The lowest BCUT2D eigenvalue weighted by molar-refractivity contribution is 0.597. The first kappa shape index (κ1) is 15.5. The molecule has 0 bridgehead atoms. The van der Waals surface area contributed by atoms with Crippen LogP contribution in [0.25, 0.3) is 0 Å². The van der Waals surface area contributed by atoms with Crippen molar-refractivity contribution in [2.24, 2.45) is 5.14 Å². The minimum Gasteiger partial charge on any atom is -0.316 e. The van der Waals surface area contributed by atoms with Gasteiger partial charge in [-0.1, -0.05) is 12.1 Å². The summed E-state index contributed by atoms with van der Waals surface area (Å²) in [5.41, 5.74) is 1.11. The lowest BCUT2D eigenvalue weighted by atomic mass is 10.1. The van der Waals surface area contributed by atoms with E-state index >= 15 is 0 Å². The summed E-state index contributed by atoms with van der Waals surface area (Å²) in [6, 6.07) is 6.73. The van der Waals surface area contributed by atoms with Crippen LogP contribution in [0.3, 0.4) is 0 Å². The van der Waals surface area contributed by atoms with Gasteiger partial charge in [-0.3, -0.25) is 0 Å². The second kappa shape index (κ2) is 7.78. The largest absolute Gasteiger partial charge is 0.316 e. The highest BCUT2D eigenvalue weighted by molar-refractivity contribution is 7.98. The van der Waals surface area contributed by atoms with Gasteiger partial charge in [-0.05, 0) is 55.6 Å². The van der Waals surface area contributed by atoms with Crippen LogP contribution >= 0.6 is 11.8 Å². The minimum atomic E-state index is -3.57. The minimum absolute atomic E-state index is 0.166. The van der Waals surface area contributed by atoms with Crippen molar-refractivity contribution in [1.82, 2.24) is 5.32 Å². The highest BCUT2D eigenvalue weighted by Gasteiger charge is 2.06. The molecular weight excluding hydrogens is 268 g/mol. The zero-order valence-electron chi connectivity index (χ0n) is 10.6. The van der Waals surface area contributed by atoms with Crippen molar-refractivity contribution in [1.29, 1.82) is 0 Å². The van der Waals surface area contributed by atoms with Gasteiger partial charge in [0.2, 0.25) is 10.0 Å². The van der Waals surface area contributed by atoms with Crippen molar-refractivity contribution in [3.63, 3.8) is 0 Å². The standard InChI is InChI=1S/C12H20N2O2S2/c1-17-10-2-8-14-9-7-11-3-5-12(6-4-11)18(13,15)16/h3-6,14H,2,7-10H2,1H3,(H2,13,15,16). The van der Waals surface area contributed by atoms with Crippen molar-refractivity contribution in [3.8, 4) is 0 Å². The van der Waals surface area contributed by atoms with E-state index in [1.54, 1.807) is 12.1 Å². The average molecular weight is 288 g/mol. The van der Waals surface area contributed by atoms with Crippen LogP contribution in [-0.2, 0) is 16.4 Å². The number of benzene rings is 1. The van der Waals surface area contributed by atoms with Crippen LogP contribution in [0.5, 0.6) is 0 Å². The Labute approximate surface area is 113 Å². The van der Waals surface area contributed by atoms with Crippen molar-refractivity contribution in [3.05, 3.63) is 29.8 Å². The van der Waals surface area contributed by atoms with Gasteiger partial charge >= 0.3 is 0 Å². The topological polar surface area (TPSA) is 72.2 Å². The zero-order chi connectivity index (χ0) is 13.4. The summed E-state index contributed by atoms with van der Waals surface area (Å²) < 4.78 is 22.1. The first-order valence-electron chi connectivity index (χ1n) is 5.85. The summed E-state index contributed by atoms with van der Waals surface area (Å²) in [7, 11) is -3.57. The normalized spacial score (nSPS) is 11.7. The molecule has 18 heavy (non-hydrogen) atoms. The molecule has 6 heteroatoms. The lowest BCUT2D eigenvalue weighted by Gasteiger charge is -2.05. The molecule has 0 spiro atoms. The Hall–Kier alpha value is -0.560. The summed E-state index contributed by atoms with van der Waals surface area (Å²) >= 11 is 1.85. The van der Waals surface area contributed by atoms with Crippen molar-refractivity contribution in [2.45, 2.75) is 17.7 Å². The number of thioether (sulfide) groups is 1. The third-order valence-electron chi connectivity index (χ3n) is 2.54. The molecule has 0 heterocycles. The summed E-state index contributed by atoms with van der Waals surface area (Å²) in [6.07, 6.45) is 4.17. The fourth-order valence-corrected chi connectivity index (χ4v) is 2.49. The van der Waals surface area contributed by atoms with Gasteiger partial charge in [0.05, 0.1) is 4.90 Å². The van der Waals surface area contributed by atoms with Crippen LogP contribution in [0.1, 0.15) is 12.0 Å². The molecule has 1 aromatic rings. The third-order valence-corrected chi connectivity index (χ3v) is 4.17. The van der Waals surface area contributed by atoms with E-state index in [0.717, 1.165) is 25.1 Å². The summed E-state index contributed by atoms with van der Waals surface area (Å²) in [6.45, 7) is 1.93. The van der Waals surface area contributed by atoms with E-state index in [1.807, 2.05) is 23.9 Å². The van der Waals surface area contributed by atoms with Gasteiger partial charge in [-0.15, -0.1) is 0 Å². The Bertz CT molecular complexity index is 444. The molecule has 0 saturated carbocycles. The van der Waals surface area contributed by atoms with Gasteiger partial charge in [-0.2, -0.15) is 11.8 Å². The summed E-state index contributed by atoms with van der Waals surface area (Å²) in [5.74, 6) is 1.18. The van der Waals surface area contributed by atoms with Crippen LogP contribution in [0.4, 0.5) is 0 Å². The van der Waals surface area contributed by atoms with Gasteiger partial charge in [-0.25, -0.2) is 13.6 Å². The fourth-order valence-electron chi connectivity index (χ4n) is 1.55. The Kier molecular flexibility index (Phi) is 6.70. The molecule has 102 valence electrons. The molecule has 0 unspecified atom stereocenters. The van der Waals surface area contributed by atoms with Gasteiger partial charge in [0, 0.05) is 0 Å². The van der Waals surface area contributed by atoms with E-state index in [2.05, 4.69) is 11.6 Å². The Balaban J connectivity index is 2.32. The number of sulfonamides is 1. The number of nitrogens with two attached hydrogens (primary N) is 1. The quantitative estimate of drug-likeness (QED) is 0.706. The molecule has 0 radical (unpaired) electrons. The molecule has 4 nitrogen and oxygen atoms in total. The van der Waals surface area contributed by atoms with E-state index in [9.17, 15) is 8.42 Å². The van der Waals surface area contributed by atoms with Crippen LogP contribution in [0.2, 0.25) is 0 Å². The maximum atomic E-state index is 11.1. The maximum Gasteiger partial charge on any atom is 0.238 e. The molecular formula is C12H20N2O2S2. The van der Waals surface area contributed by atoms with Crippen LogP contribution in [0, 0.1) is 0 Å². The molecule has 0 atom stereocenters. The zero-order valence-corrected chi connectivity index (χ0v) is 12.2. The lowest BCUT2D eigenvalue weighted by Crippen LogP contribution is -2.19. The smallest absolute Gasteiger partial charge is 0.238 e. The number of nitrogens with one attached hydrogen (secondary N) is 1. The van der Waals surface area contributed by atoms with E-state index in [0.29, 0.717) is 0 Å². The second-order valence-electron chi connectivity index (χ2n) is 4.04. The average Bonchev–Trinajstić information content (AvgIpc) is 2.33. The van der Waals surface area contributed by atoms with Crippen LogP contribution < -0.4 is 10.5 Å². The molecule has 3 N–H and O–H groups in total. The Morgan fingerprint density at radius 1 is 1.22 bits per heavy atom. The maximum absolute atomic E-state index is 11.1. The Morgan fingerprint density at radius 2 is 1.89 bits per heavy atom. The molecule has 1 rings (SSSR count). The Morgan fingerprint density at radius 3 is 2.44 bits per heavy atom. The first-order chi connectivity index (χ1) is 8.54. The van der Waals surface area contributed by atoms with Gasteiger partial charge < -0.3 is 5.32 Å². The van der Waals surface area contributed by atoms with E-state index in [-0.39, 0.29) is 4.90 Å². The highest BCUT2D eigenvalue weighted by atomic mass is 32.2. The molecule has 0 aliphatic heterocycles. The number of hydrogen-bond donors (Lipinski definition) is 2. The van der Waals surface area contributed by atoms with E-state index in [4.69, 9.17) is 5.14 Å².